The van der Waals surface area contributed by atoms with Crippen molar-refractivity contribution in [1.29, 1.82) is 0 Å². The first-order valence-corrected chi connectivity index (χ1v) is 6.74. The zero-order valence-corrected chi connectivity index (χ0v) is 12.4. The Morgan fingerprint density at radius 3 is 2.32 bits per heavy atom. The molecule has 0 atom stereocenters. The van der Waals surface area contributed by atoms with Crippen molar-refractivity contribution in [3.8, 4) is 0 Å². The van der Waals surface area contributed by atoms with Gasteiger partial charge < -0.3 is 5.32 Å². The minimum atomic E-state index is -0.219. The van der Waals surface area contributed by atoms with Crippen LogP contribution in [-0.2, 0) is 5.41 Å². The Labute approximate surface area is 120 Å². The highest BCUT2D eigenvalue weighted by atomic mass is 79.9. The van der Waals surface area contributed by atoms with Crippen molar-refractivity contribution in [2.45, 2.75) is 19.3 Å². The van der Waals surface area contributed by atoms with Gasteiger partial charge in [0.15, 0.2) is 0 Å². The summed E-state index contributed by atoms with van der Waals surface area (Å²) in [7, 11) is 0. The Morgan fingerprint density at radius 1 is 1.16 bits per heavy atom. The van der Waals surface area contributed by atoms with Crippen LogP contribution in [0.5, 0.6) is 0 Å². The summed E-state index contributed by atoms with van der Waals surface area (Å²) in [4.78, 5) is 8.32. The molecule has 0 radical (unpaired) electrons. The van der Waals surface area contributed by atoms with Crippen molar-refractivity contribution in [3.05, 3.63) is 52.5 Å². The molecule has 2 rings (SSSR count). The van der Waals surface area contributed by atoms with Crippen LogP contribution < -0.4 is 5.32 Å². The van der Waals surface area contributed by atoms with E-state index in [4.69, 9.17) is 0 Å². The Morgan fingerprint density at radius 2 is 1.74 bits per heavy atom. The maximum atomic E-state index is 12.9. The summed E-state index contributed by atoms with van der Waals surface area (Å²) in [6, 6.07) is 6.57. The van der Waals surface area contributed by atoms with E-state index in [-0.39, 0.29) is 11.2 Å². The molecule has 0 amide bonds. The van der Waals surface area contributed by atoms with Crippen LogP contribution in [-0.4, -0.2) is 16.5 Å². The van der Waals surface area contributed by atoms with Crippen LogP contribution in [0.25, 0.3) is 0 Å². The van der Waals surface area contributed by atoms with Gasteiger partial charge in [-0.05, 0) is 33.6 Å². The van der Waals surface area contributed by atoms with Gasteiger partial charge in [0.25, 0.3) is 0 Å². The molecule has 0 unspecified atom stereocenters. The third kappa shape index (κ3) is 3.73. The molecule has 0 aliphatic heterocycles. The molecule has 2 aromatic rings. The van der Waals surface area contributed by atoms with Crippen molar-refractivity contribution in [2.75, 3.05) is 11.9 Å². The van der Waals surface area contributed by atoms with Crippen molar-refractivity contribution in [3.63, 3.8) is 0 Å². The molecule has 1 N–H and O–H groups in total. The highest BCUT2D eigenvalue weighted by Gasteiger charge is 2.20. The van der Waals surface area contributed by atoms with E-state index in [1.807, 2.05) is 0 Å². The standard InChI is InChI=1S/C14H15BrFN3/c1-14(2,10-3-5-12(16)6-4-10)9-19-13-17-7-11(15)8-18-13/h3-8H,9H2,1-2H3,(H,17,18,19). The first-order valence-electron chi connectivity index (χ1n) is 5.95. The smallest absolute Gasteiger partial charge is 0.222 e. The van der Waals surface area contributed by atoms with Gasteiger partial charge in [-0.2, -0.15) is 0 Å². The number of nitrogens with zero attached hydrogens (tertiary/aromatic N) is 2. The molecule has 1 heterocycles. The van der Waals surface area contributed by atoms with Crippen LogP contribution in [0.3, 0.4) is 0 Å². The van der Waals surface area contributed by atoms with E-state index in [1.54, 1.807) is 24.5 Å². The molecule has 0 saturated heterocycles. The summed E-state index contributed by atoms with van der Waals surface area (Å²) in [5.41, 5.74) is 0.933. The van der Waals surface area contributed by atoms with Gasteiger partial charge in [-0.1, -0.05) is 26.0 Å². The van der Waals surface area contributed by atoms with E-state index >= 15 is 0 Å². The van der Waals surface area contributed by atoms with Gasteiger partial charge in [-0.15, -0.1) is 0 Å². The monoisotopic (exact) mass is 323 g/mol. The molecule has 1 aromatic heterocycles. The van der Waals surface area contributed by atoms with Crippen LogP contribution in [0.15, 0.2) is 41.1 Å². The summed E-state index contributed by atoms with van der Waals surface area (Å²) in [5, 5.41) is 3.19. The topological polar surface area (TPSA) is 37.8 Å². The van der Waals surface area contributed by atoms with Crippen molar-refractivity contribution in [1.82, 2.24) is 9.97 Å². The Hall–Kier alpha value is -1.49. The number of hydrogen-bond acceptors (Lipinski definition) is 3. The fourth-order valence-corrected chi connectivity index (χ4v) is 1.91. The zero-order chi connectivity index (χ0) is 13.9. The van der Waals surface area contributed by atoms with Gasteiger partial charge >= 0.3 is 0 Å². The van der Waals surface area contributed by atoms with Gasteiger partial charge in [-0.3, -0.25) is 0 Å². The Kier molecular flexibility index (Phi) is 4.14. The first-order chi connectivity index (χ1) is 8.97. The van der Waals surface area contributed by atoms with Gasteiger partial charge in [0.05, 0.1) is 4.47 Å². The zero-order valence-electron chi connectivity index (χ0n) is 10.8. The molecule has 0 bridgehead atoms. The summed E-state index contributed by atoms with van der Waals surface area (Å²) in [6.45, 7) is 4.85. The summed E-state index contributed by atoms with van der Waals surface area (Å²) < 4.78 is 13.8. The van der Waals surface area contributed by atoms with E-state index in [9.17, 15) is 4.39 Å². The maximum Gasteiger partial charge on any atom is 0.222 e. The SMILES string of the molecule is CC(C)(CNc1ncc(Br)cn1)c1ccc(F)cc1. The minimum Gasteiger partial charge on any atom is -0.353 e. The second kappa shape index (κ2) is 5.65. The van der Waals surface area contributed by atoms with Crippen molar-refractivity contribution >= 4 is 21.9 Å². The molecular weight excluding hydrogens is 309 g/mol. The third-order valence-electron chi connectivity index (χ3n) is 2.93. The normalized spacial score (nSPS) is 11.4. The fraction of sp³-hybridized carbons (Fsp3) is 0.286. The van der Waals surface area contributed by atoms with E-state index in [2.05, 4.69) is 45.1 Å². The van der Waals surface area contributed by atoms with Crippen LogP contribution in [0.2, 0.25) is 0 Å². The molecule has 0 aliphatic carbocycles. The predicted octanol–water partition coefficient (Wildman–Crippen LogP) is 3.77. The van der Waals surface area contributed by atoms with E-state index in [0.717, 1.165) is 10.0 Å². The van der Waals surface area contributed by atoms with Crippen LogP contribution >= 0.6 is 15.9 Å². The molecule has 1 aromatic carbocycles. The lowest BCUT2D eigenvalue weighted by atomic mass is 9.84. The molecule has 0 spiro atoms. The lowest BCUT2D eigenvalue weighted by molar-refractivity contribution is 0.551. The average Bonchev–Trinajstić information content (AvgIpc) is 2.39. The second-order valence-corrected chi connectivity index (χ2v) is 5.88. The number of anilines is 1. The maximum absolute atomic E-state index is 12.9. The Balaban J connectivity index is 2.04. The van der Waals surface area contributed by atoms with Crippen molar-refractivity contribution < 1.29 is 4.39 Å². The highest BCUT2D eigenvalue weighted by molar-refractivity contribution is 9.10. The second-order valence-electron chi connectivity index (χ2n) is 4.97. The highest BCUT2D eigenvalue weighted by Crippen LogP contribution is 2.23. The fourth-order valence-electron chi connectivity index (χ4n) is 1.71. The predicted molar refractivity (Wildman–Crippen MR) is 77.6 cm³/mol. The summed E-state index contributed by atoms with van der Waals surface area (Å²) in [5.74, 6) is 0.363. The minimum absolute atomic E-state index is 0.135. The number of nitrogens with one attached hydrogen (secondary N) is 1. The third-order valence-corrected chi connectivity index (χ3v) is 3.34. The first kappa shape index (κ1) is 13.9. The summed E-state index contributed by atoms with van der Waals surface area (Å²) in [6.07, 6.45) is 3.39. The van der Waals surface area contributed by atoms with E-state index < -0.39 is 0 Å². The lowest BCUT2D eigenvalue weighted by Gasteiger charge is -2.25. The van der Waals surface area contributed by atoms with Gasteiger partial charge in [-0.25, -0.2) is 14.4 Å². The van der Waals surface area contributed by atoms with E-state index in [0.29, 0.717) is 12.5 Å². The number of aromatic nitrogens is 2. The van der Waals surface area contributed by atoms with Crippen LogP contribution in [0, 0.1) is 5.82 Å². The number of halogens is 2. The average molecular weight is 324 g/mol. The quantitative estimate of drug-likeness (QED) is 0.930. The molecule has 19 heavy (non-hydrogen) atoms. The van der Waals surface area contributed by atoms with Crippen molar-refractivity contribution in [2.24, 2.45) is 0 Å². The molecule has 3 nitrogen and oxygen atoms in total. The molecule has 0 saturated carbocycles. The van der Waals surface area contributed by atoms with Crippen LogP contribution in [0.4, 0.5) is 10.3 Å². The number of hydrogen-bond donors (Lipinski definition) is 1. The lowest BCUT2D eigenvalue weighted by Crippen LogP contribution is -2.28. The Bertz CT molecular complexity index is 538. The van der Waals surface area contributed by atoms with Gasteiger partial charge in [0.2, 0.25) is 5.95 Å². The van der Waals surface area contributed by atoms with E-state index in [1.165, 1.54) is 12.1 Å². The number of benzene rings is 1. The largest absolute Gasteiger partial charge is 0.353 e. The van der Waals surface area contributed by atoms with Crippen LogP contribution in [0.1, 0.15) is 19.4 Å². The molecule has 100 valence electrons. The molecule has 5 heteroatoms. The van der Waals surface area contributed by atoms with Gasteiger partial charge in [0, 0.05) is 24.4 Å². The van der Waals surface area contributed by atoms with Gasteiger partial charge in [0.1, 0.15) is 5.82 Å². The number of rotatable bonds is 4. The summed E-state index contributed by atoms with van der Waals surface area (Å²) >= 11 is 3.29. The molecule has 0 fully saturated rings. The molecule has 0 aliphatic rings. The molecular formula is C14H15BrFN3.